The molecule has 0 saturated heterocycles. The molecule has 11 heteroatoms. The Kier molecular flexibility index (Phi) is 4.46. The van der Waals surface area contributed by atoms with Crippen molar-refractivity contribution in [2.45, 2.75) is 25.2 Å². The third kappa shape index (κ3) is 3.34. The number of carbonyl (C=O) groups excluding carboxylic acids is 1. The zero-order valence-electron chi connectivity index (χ0n) is 12.4. The van der Waals surface area contributed by atoms with Crippen molar-refractivity contribution in [2.75, 3.05) is 10.6 Å². The zero-order valence-corrected chi connectivity index (χ0v) is 13.9. The van der Waals surface area contributed by atoms with Gasteiger partial charge in [-0.05, 0) is 6.07 Å². The molecule has 0 bridgehead atoms. The van der Waals surface area contributed by atoms with Crippen LogP contribution in [0.4, 0.5) is 24.9 Å². The average Bonchev–Trinajstić information content (AvgIpc) is 2.86. The number of hydrogen-bond acceptors (Lipinski definition) is 6. The van der Waals surface area contributed by atoms with Gasteiger partial charge in [-0.25, -0.2) is 4.98 Å². The van der Waals surface area contributed by atoms with Crippen molar-refractivity contribution < 1.29 is 18.0 Å². The van der Waals surface area contributed by atoms with Gasteiger partial charge in [0.05, 0.1) is 28.9 Å². The minimum atomic E-state index is -4.55. The maximum atomic E-state index is 12.7. The summed E-state index contributed by atoms with van der Waals surface area (Å²) in [5.74, 6) is 0.263. The summed E-state index contributed by atoms with van der Waals surface area (Å²) in [6.07, 6.45) is -2.91. The van der Waals surface area contributed by atoms with Gasteiger partial charge in [-0.3, -0.25) is 4.98 Å². The minimum absolute atomic E-state index is 0.0276. The highest BCUT2D eigenvalue weighted by molar-refractivity contribution is 6.31. The van der Waals surface area contributed by atoms with E-state index in [0.29, 0.717) is 23.9 Å². The van der Waals surface area contributed by atoms with Crippen LogP contribution in [0, 0.1) is 0 Å². The Balaban J connectivity index is 1.97. The van der Waals surface area contributed by atoms with Crippen LogP contribution >= 0.6 is 23.2 Å². The highest BCUT2D eigenvalue weighted by Crippen LogP contribution is 2.36. The topological polar surface area (TPSA) is 85.0 Å². The summed E-state index contributed by atoms with van der Waals surface area (Å²) in [5, 5.41) is -0.0376. The molecule has 0 amide bonds. The number of hydrogen-bond donors (Lipinski definition) is 1. The van der Waals surface area contributed by atoms with Crippen molar-refractivity contribution in [2.24, 2.45) is 0 Å². The van der Waals surface area contributed by atoms with E-state index in [-0.39, 0.29) is 34.8 Å². The maximum Gasteiger partial charge on any atom is 0.417 e. The summed E-state index contributed by atoms with van der Waals surface area (Å²) in [7, 11) is 0. The Hall–Kier alpha value is -2.13. The van der Waals surface area contributed by atoms with E-state index in [1.54, 1.807) is 0 Å². The van der Waals surface area contributed by atoms with E-state index in [1.807, 2.05) is 0 Å². The number of nitrogens with two attached hydrogens (primary N) is 1. The maximum absolute atomic E-state index is 12.7. The fourth-order valence-electron chi connectivity index (χ4n) is 2.56. The lowest BCUT2D eigenvalue weighted by molar-refractivity contribution is -0.137. The molecule has 0 fully saturated rings. The van der Waals surface area contributed by atoms with Crippen LogP contribution in [0.3, 0.4) is 0 Å². The number of rotatable bonds is 3. The molecule has 0 spiro atoms. The second kappa shape index (κ2) is 6.30. The predicted octanol–water partition coefficient (Wildman–Crippen LogP) is 2.91. The summed E-state index contributed by atoms with van der Waals surface area (Å²) < 4.78 is 38.1. The van der Waals surface area contributed by atoms with E-state index in [1.165, 1.54) is 4.90 Å². The number of aldehydes is 1. The molecule has 1 aliphatic rings. The van der Waals surface area contributed by atoms with E-state index in [9.17, 15) is 18.0 Å². The average molecular weight is 392 g/mol. The Morgan fingerprint density at radius 1 is 1.36 bits per heavy atom. The van der Waals surface area contributed by atoms with Gasteiger partial charge in [0.2, 0.25) is 5.95 Å². The van der Waals surface area contributed by atoms with Gasteiger partial charge in [0, 0.05) is 18.2 Å². The Bertz CT molecular complexity index is 846. The van der Waals surface area contributed by atoms with Crippen LogP contribution in [-0.2, 0) is 23.9 Å². The Morgan fingerprint density at radius 3 is 2.68 bits per heavy atom. The number of anilines is 2. The van der Waals surface area contributed by atoms with Crippen molar-refractivity contribution in [1.82, 2.24) is 15.0 Å². The molecule has 2 aromatic rings. The molecule has 3 heterocycles. The van der Waals surface area contributed by atoms with Gasteiger partial charge in [0.1, 0.15) is 17.3 Å². The lowest BCUT2D eigenvalue weighted by atomic mass is 10.2. The van der Waals surface area contributed by atoms with Gasteiger partial charge < -0.3 is 15.4 Å². The molecular weight excluding hydrogens is 382 g/mol. The second-order valence-corrected chi connectivity index (χ2v) is 6.13. The molecule has 1 atom stereocenters. The molecule has 0 saturated carbocycles. The molecule has 25 heavy (non-hydrogen) atoms. The third-order valence-corrected chi connectivity index (χ3v) is 4.40. The fourth-order valence-corrected chi connectivity index (χ4v) is 3.04. The Labute approximate surface area is 149 Å². The molecule has 1 unspecified atom stereocenters. The minimum Gasteiger partial charge on any atom is -0.368 e. The van der Waals surface area contributed by atoms with E-state index in [0.717, 1.165) is 6.07 Å². The van der Waals surface area contributed by atoms with Crippen LogP contribution in [0.2, 0.25) is 10.2 Å². The molecule has 2 N–H and O–H groups in total. The summed E-state index contributed by atoms with van der Waals surface area (Å²) in [6, 6.07) is 0.168. The molecule has 0 aliphatic carbocycles. The van der Waals surface area contributed by atoms with Crippen LogP contribution in [0.5, 0.6) is 0 Å². The number of aromatic nitrogens is 3. The number of halogens is 5. The fraction of sp³-hybridized carbons (Fsp3) is 0.286. The first-order chi connectivity index (χ1) is 11.7. The van der Waals surface area contributed by atoms with Gasteiger partial charge in [0.15, 0.2) is 0 Å². The molecule has 6 nitrogen and oxygen atoms in total. The van der Waals surface area contributed by atoms with Crippen molar-refractivity contribution in [3.8, 4) is 0 Å². The van der Waals surface area contributed by atoms with E-state index in [2.05, 4.69) is 15.0 Å². The van der Waals surface area contributed by atoms with E-state index < -0.39 is 17.8 Å². The van der Waals surface area contributed by atoms with Crippen LogP contribution in [0.15, 0.2) is 12.3 Å². The summed E-state index contributed by atoms with van der Waals surface area (Å²) >= 11 is 12.0. The van der Waals surface area contributed by atoms with E-state index >= 15 is 0 Å². The van der Waals surface area contributed by atoms with Gasteiger partial charge in [-0.15, -0.1) is 0 Å². The first-order valence-electron chi connectivity index (χ1n) is 6.96. The van der Waals surface area contributed by atoms with Crippen molar-refractivity contribution in [3.63, 3.8) is 0 Å². The van der Waals surface area contributed by atoms with Gasteiger partial charge >= 0.3 is 6.18 Å². The monoisotopic (exact) mass is 391 g/mol. The largest absolute Gasteiger partial charge is 0.417 e. The van der Waals surface area contributed by atoms with Crippen LogP contribution in [0.1, 0.15) is 16.8 Å². The smallest absolute Gasteiger partial charge is 0.368 e. The van der Waals surface area contributed by atoms with Crippen molar-refractivity contribution in [3.05, 3.63) is 39.3 Å². The second-order valence-electron chi connectivity index (χ2n) is 5.36. The number of nitrogen functional groups attached to an aromatic ring is 1. The predicted molar refractivity (Wildman–Crippen MR) is 85.4 cm³/mol. The normalized spacial score (nSPS) is 16.8. The van der Waals surface area contributed by atoms with Crippen LogP contribution in [0.25, 0.3) is 0 Å². The number of alkyl halides is 3. The van der Waals surface area contributed by atoms with Gasteiger partial charge in [-0.2, -0.15) is 18.2 Å². The highest BCUT2D eigenvalue weighted by Gasteiger charge is 2.35. The number of carbonyl (C=O) groups is 1. The number of fused-ring (bicyclic) bond motifs is 1. The Morgan fingerprint density at radius 2 is 2.08 bits per heavy atom. The third-order valence-electron chi connectivity index (χ3n) is 3.76. The first kappa shape index (κ1) is 17.7. The number of pyridine rings is 1. The molecule has 3 rings (SSSR count). The highest BCUT2D eigenvalue weighted by atomic mass is 35.5. The molecule has 0 aromatic carbocycles. The van der Waals surface area contributed by atoms with Crippen LogP contribution < -0.4 is 10.6 Å². The summed E-state index contributed by atoms with van der Waals surface area (Å²) in [5.41, 5.74) is 5.34. The summed E-state index contributed by atoms with van der Waals surface area (Å²) in [4.78, 5) is 24.6. The number of nitrogens with zero attached hydrogens (tertiary/aromatic N) is 4. The standard InChI is InChI=1S/C14H10Cl2F3N5O/c15-9-1-6(14(17,18)19)3-21-10(9)4-24-7(5-25)2-8-11(16)22-13(20)23-12(8)24/h1,3,5,7H,2,4H2,(H2,20,22,23). The molecule has 2 aromatic heterocycles. The quantitative estimate of drug-likeness (QED) is 0.639. The molecular formula is C14H10Cl2F3N5O. The first-order valence-corrected chi connectivity index (χ1v) is 7.71. The zero-order chi connectivity index (χ0) is 18.4. The molecule has 132 valence electrons. The SMILES string of the molecule is Nc1nc(Cl)c2c(n1)N(Cc1ncc(C(F)(F)F)cc1Cl)C(C=O)C2. The van der Waals surface area contributed by atoms with Crippen LogP contribution in [-0.4, -0.2) is 27.3 Å². The lowest BCUT2D eigenvalue weighted by Gasteiger charge is -2.23. The van der Waals surface area contributed by atoms with Crippen molar-refractivity contribution in [1.29, 1.82) is 0 Å². The van der Waals surface area contributed by atoms with Crippen molar-refractivity contribution >= 4 is 41.3 Å². The summed E-state index contributed by atoms with van der Waals surface area (Å²) in [6.45, 7) is -0.0276. The van der Waals surface area contributed by atoms with E-state index in [4.69, 9.17) is 28.9 Å². The molecule has 1 aliphatic heterocycles. The molecule has 0 radical (unpaired) electrons. The van der Waals surface area contributed by atoms with Gasteiger partial charge in [0.25, 0.3) is 0 Å². The van der Waals surface area contributed by atoms with Gasteiger partial charge in [-0.1, -0.05) is 23.2 Å². The lowest BCUT2D eigenvalue weighted by Crippen LogP contribution is -2.33.